The number of carbonyl (C=O) groups excluding carboxylic acids is 1. The van der Waals surface area contributed by atoms with Gasteiger partial charge in [0, 0.05) is 18.0 Å². The Bertz CT molecular complexity index is 557. The molecule has 0 spiro atoms. The van der Waals surface area contributed by atoms with E-state index in [2.05, 4.69) is 6.08 Å². The Balaban J connectivity index is 2.13. The van der Waals surface area contributed by atoms with Crippen LogP contribution in [0.5, 0.6) is 0 Å². The third kappa shape index (κ3) is 1.76. The monoisotopic (exact) mass is 279 g/mol. The average molecular weight is 280 g/mol. The molecule has 1 aromatic rings. The summed E-state index contributed by atoms with van der Waals surface area (Å²) in [5.74, 6) is 0.319. The van der Waals surface area contributed by atoms with Gasteiger partial charge in [-0.1, -0.05) is 41.4 Å². The number of rotatable bonds is 1. The zero-order valence-electron chi connectivity index (χ0n) is 9.57. The minimum absolute atomic E-state index is 0.0601. The van der Waals surface area contributed by atoms with Gasteiger partial charge in [-0.15, -0.1) is 0 Å². The number of carbonyl (C=O) groups is 1. The SMILES string of the molecule is O=C1CC2CC=CC=C2N1c1c(Cl)cccc1Cl. The van der Waals surface area contributed by atoms with Crippen LogP contribution in [0.2, 0.25) is 10.0 Å². The molecular formula is C14H11Cl2NO. The second-order valence-corrected chi connectivity index (χ2v) is 5.27. The average Bonchev–Trinajstić information content (AvgIpc) is 2.66. The lowest BCUT2D eigenvalue weighted by atomic mass is 9.97. The van der Waals surface area contributed by atoms with Crippen LogP contribution in [-0.4, -0.2) is 5.91 Å². The normalized spacial score (nSPS) is 22.1. The van der Waals surface area contributed by atoms with Crippen LogP contribution in [-0.2, 0) is 4.79 Å². The van der Waals surface area contributed by atoms with Crippen LogP contribution in [0.15, 0.2) is 42.1 Å². The summed E-state index contributed by atoms with van der Waals surface area (Å²) in [6.07, 6.45) is 7.45. The maximum atomic E-state index is 12.2. The number of fused-ring (bicyclic) bond motifs is 1. The first-order valence-corrected chi connectivity index (χ1v) is 6.58. The Morgan fingerprint density at radius 3 is 2.67 bits per heavy atom. The van der Waals surface area contributed by atoms with E-state index >= 15 is 0 Å². The van der Waals surface area contributed by atoms with Crippen molar-refractivity contribution in [2.24, 2.45) is 5.92 Å². The largest absolute Gasteiger partial charge is 0.281 e. The molecule has 1 aliphatic heterocycles. The van der Waals surface area contributed by atoms with Crippen molar-refractivity contribution in [1.29, 1.82) is 0 Å². The highest BCUT2D eigenvalue weighted by atomic mass is 35.5. The summed E-state index contributed by atoms with van der Waals surface area (Å²) in [5.41, 5.74) is 1.60. The van der Waals surface area contributed by atoms with Gasteiger partial charge in [0.25, 0.3) is 0 Å². The van der Waals surface area contributed by atoms with Crippen molar-refractivity contribution in [3.8, 4) is 0 Å². The van der Waals surface area contributed by atoms with Gasteiger partial charge in [-0.05, 0) is 24.6 Å². The molecule has 0 aromatic heterocycles. The molecule has 1 aliphatic carbocycles. The Morgan fingerprint density at radius 2 is 1.94 bits per heavy atom. The molecule has 92 valence electrons. The second kappa shape index (κ2) is 4.45. The number of anilines is 1. The molecule has 1 atom stereocenters. The summed E-state index contributed by atoms with van der Waals surface area (Å²) in [4.78, 5) is 13.9. The molecule has 0 radical (unpaired) electrons. The number of allylic oxidation sites excluding steroid dienone is 4. The summed E-state index contributed by atoms with van der Waals surface area (Å²) in [7, 11) is 0. The zero-order chi connectivity index (χ0) is 12.7. The van der Waals surface area contributed by atoms with Crippen LogP contribution < -0.4 is 4.90 Å². The lowest BCUT2D eigenvalue weighted by molar-refractivity contribution is -0.117. The Hall–Kier alpha value is -1.25. The van der Waals surface area contributed by atoms with E-state index in [0.717, 1.165) is 12.1 Å². The predicted molar refractivity (Wildman–Crippen MR) is 73.9 cm³/mol. The van der Waals surface area contributed by atoms with Gasteiger partial charge in [-0.2, -0.15) is 0 Å². The van der Waals surface area contributed by atoms with Gasteiger partial charge >= 0.3 is 0 Å². The second-order valence-electron chi connectivity index (χ2n) is 4.46. The quantitative estimate of drug-likeness (QED) is 0.755. The van der Waals surface area contributed by atoms with Crippen LogP contribution in [0.25, 0.3) is 0 Å². The molecule has 2 aliphatic rings. The van der Waals surface area contributed by atoms with Crippen LogP contribution in [0.3, 0.4) is 0 Å². The molecule has 1 heterocycles. The first kappa shape index (κ1) is 11.8. The molecule has 1 unspecified atom stereocenters. The van der Waals surface area contributed by atoms with E-state index in [4.69, 9.17) is 23.2 Å². The maximum absolute atomic E-state index is 12.2. The van der Waals surface area contributed by atoms with Gasteiger partial charge in [-0.3, -0.25) is 9.69 Å². The number of nitrogens with zero attached hydrogens (tertiary/aromatic N) is 1. The third-order valence-corrected chi connectivity index (χ3v) is 3.94. The smallest absolute Gasteiger partial charge is 0.232 e. The van der Waals surface area contributed by atoms with Gasteiger partial charge < -0.3 is 0 Å². The topological polar surface area (TPSA) is 20.3 Å². The van der Waals surface area contributed by atoms with Crippen molar-refractivity contribution in [2.75, 3.05) is 4.90 Å². The first-order chi connectivity index (χ1) is 8.68. The number of amides is 1. The number of hydrogen-bond donors (Lipinski definition) is 0. The molecule has 0 saturated carbocycles. The fourth-order valence-electron chi connectivity index (χ4n) is 2.51. The first-order valence-electron chi connectivity index (χ1n) is 5.82. The summed E-state index contributed by atoms with van der Waals surface area (Å²) in [6, 6.07) is 5.28. The van der Waals surface area contributed by atoms with E-state index in [1.807, 2.05) is 12.2 Å². The van der Waals surface area contributed by atoms with Crippen LogP contribution in [0, 0.1) is 5.92 Å². The van der Waals surface area contributed by atoms with Crippen molar-refractivity contribution in [1.82, 2.24) is 0 Å². The number of para-hydroxylation sites is 1. The molecule has 0 bridgehead atoms. The highest BCUT2D eigenvalue weighted by Crippen LogP contribution is 2.43. The molecular weight excluding hydrogens is 269 g/mol. The fraction of sp³-hybridized carbons (Fsp3) is 0.214. The van der Waals surface area contributed by atoms with Crippen LogP contribution >= 0.6 is 23.2 Å². The fourth-order valence-corrected chi connectivity index (χ4v) is 3.08. The van der Waals surface area contributed by atoms with Crippen molar-refractivity contribution >= 4 is 34.8 Å². The lowest BCUT2D eigenvalue weighted by Crippen LogP contribution is -2.24. The summed E-state index contributed by atoms with van der Waals surface area (Å²) in [6.45, 7) is 0. The predicted octanol–water partition coefficient (Wildman–Crippen LogP) is 4.19. The summed E-state index contributed by atoms with van der Waals surface area (Å²) in [5, 5.41) is 1.01. The van der Waals surface area contributed by atoms with E-state index in [0.29, 0.717) is 22.2 Å². The molecule has 3 rings (SSSR count). The minimum atomic E-state index is 0.0601. The summed E-state index contributed by atoms with van der Waals surface area (Å²) >= 11 is 12.4. The Kier molecular flexibility index (Phi) is 2.92. The van der Waals surface area contributed by atoms with E-state index in [1.54, 1.807) is 23.1 Å². The Labute approximate surface area is 115 Å². The zero-order valence-corrected chi connectivity index (χ0v) is 11.1. The highest BCUT2D eigenvalue weighted by molar-refractivity contribution is 6.40. The van der Waals surface area contributed by atoms with Crippen LogP contribution in [0.1, 0.15) is 12.8 Å². The number of hydrogen-bond acceptors (Lipinski definition) is 1. The van der Waals surface area contributed by atoms with Gasteiger partial charge in [0.2, 0.25) is 5.91 Å². The Morgan fingerprint density at radius 1 is 1.22 bits per heavy atom. The molecule has 0 N–H and O–H groups in total. The van der Waals surface area contributed by atoms with Gasteiger partial charge in [0.1, 0.15) is 0 Å². The molecule has 18 heavy (non-hydrogen) atoms. The molecule has 1 saturated heterocycles. The molecule has 1 aromatic carbocycles. The van der Waals surface area contributed by atoms with Gasteiger partial charge in [0.15, 0.2) is 0 Å². The van der Waals surface area contributed by atoms with Crippen molar-refractivity contribution in [3.05, 3.63) is 52.2 Å². The minimum Gasteiger partial charge on any atom is -0.281 e. The molecule has 1 fully saturated rings. The van der Waals surface area contributed by atoms with Crippen molar-refractivity contribution < 1.29 is 4.79 Å². The van der Waals surface area contributed by atoms with E-state index in [1.165, 1.54) is 0 Å². The number of halogens is 2. The standard InChI is InChI=1S/C14H11Cl2NO/c15-10-5-3-6-11(16)14(10)17-12-7-2-1-4-9(12)8-13(17)18/h1-3,5-7,9H,4,8H2. The number of benzene rings is 1. The van der Waals surface area contributed by atoms with Gasteiger partial charge in [0.05, 0.1) is 15.7 Å². The van der Waals surface area contributed by atoms with E-state index in [-0.39, 0.29) is 11.8 Å². The molecule has 2 nitrogen and oxygen atoms in total. The maximum Gasteiger partial charge on any atom is 0.232 e. The molecule has 4 heteroatoms. The van der Waals surface area contributed by atoms with E-state index < -0.39 is 0 Å². The summed E-state index contributed by atoms with van der Waals surface area (Å²) < 4.78 is 0. The van der Waals surface area contributed by atoms with Crippen LogP contribution in [0.4, 0.5) is 5.69 Å². The van der Waals surface area contributed by atoms with Crippen molar-refractivity contribution in [3.63, 3.8) is 0 Å². The lowest BCUT2D eigenvalue weighted by Gasteiger charge is -2.23. The third-order valence-electron chi connectivity index (χ3n) is 3.33. The van der Waals surface area contributed by atoms with Gasteiger partial charge in [-0.25, -0.2) is 0 Å². The van der Waals surface area contributed by atoms with Crippen molar-refractivity contribution in [2.45, 2.75) is 12.8 Å². The van der Waals surface area contributed by atoms with E-state index in [9.17, 15) is 4.79 Å². The molecule has 1 amide bonds. The highest BCUT2D eigenvalue weighted by Gasteiger charge is 2.37.